The molecular weight excluding hydrogens is 520 g/mol. The molecule has 0 amide bonds. The fraction of sp³-hybridized carbons (Fsp3) is 0.533. The highest BCUT2D eigenvalue weighted by Gasteiger charge is 2.63. The number of hydrogen-bond donors (Lipinski definition) is 1. The van der Waals surface area contributed by atoms with Crippen LogP contribution in [0.25, 0.3) is 0 Å². The van der Waals surface area contributed by atoms with Crippen molar-refractivity contribution in [2.45, 2.75) is 62.1 Å². The van der Waals surface area contributed by atoms with E-state index in [1.165, 1.54) is 7.11 Å². The normalized spacial score (nSPS) is 41.0. The average Bonchev–Trinajstić information content (AvgIpc) is 3.03. The Labute approximate surface area is 232 Å². The molecule has 1 unspecified atom stereocenters. The molecule has 5 aliphatic rings. The number of aliphatic hydroxyl groups excluding tert-OH is 1. The van der Waals surface area contributed by atoms with Crippen LogP contribution in [0, 0.1) is 5.41 Å². The van der Waals surface area contributed by atoms with Crippen molar-refractivity contribution in [1.29, 1.82) is 0 Å². The van der Waals surface area contributed by atoms with E-state index >= 15 is 0 Å². The third-order valence-corrected chi connectivity index (χ3v) is 8.54. The minimum Gasteiger partial charge on any atom is -0.492 e. The lowest BCUT2D eigenvalue weighted by Gasteiger charge is -2.57. The van der Waals surface area contributed by atoms with E-state index in [2.05, 4.69) is 0 Å². The summed E-state index contributed by atoms with van der Waals surface area (Å²) in [6.45, 7) is 0.742. The van der Waals surface area contributed by atoms with Gasteiger partial charge in [-0.2, -0.15) is 0 Å². The van der Waals surface area contributed by atoms with Crippen molar-refractivity contribution < 1.29 is 47.7 Å². The molecule has 3 fully saturated rings. The van der Waals surface area contributed by atoms with Crippen LogP contribution in [0.2, 0.25) is 0 Å². The highest BCUT2D eigenvalue weighted by atomic mass is 16.8. The van der Waals surface area contributed by atoms with Crippen molar-refractivity contribution in [2.24, 2.45) is 5.41 Å². The number of rotatable bonds is 4. The van der Waals surface area contributed by atoms with Gasteiger partial charge in [-0.15, -0.1) is 0 Å². The molecule has 2 aromatic rings. The minimum absolute atomic E-state index is 0.151. The molecule has 2 aromatic carbocycles. The van der Waals surface area contributed by atoms with Gasteiger partial charge in [0.2, 0.25) is 6.29 Å². The van der Waals surface area contributed by atoms with Crippen LogP contribution in [0.15, 0.2) is 72.0 Å². The third-order valence-electron chi connectivity index (χ3n) is 8.54. The van der Waals surface area contributed by atoms with Crippen LogP contribution in [0.4, 0.5) is 0 Å². The zero-order valence-electron chi connectivity index (χ0n) is 22.4. The first-order valence-electron chi connectivity index (χ1n) is 13.7. The molecule has 5 heterocycles. The Balaban J connectivity index is 1.24. The second-order valence-electron chi connectivity index (χ2n) is 10.8. The highest BCUT2D eigenvalue weighted by Crippen LogP contribution is 2.53. The molecule has 214 valence electrons. The van der Waals surface area contributed by atoms with Gasteiger partial charge in [0, 0.05) is 30.9 Å². The molecule has 3 saturated heterocycles. The number of ether oxygens (including phenoxy) is 9. The Kier molecular flexibility index (Phi) is 7.15. The quantitative estimate of drug-likeness (QED) is 0.607. The summed E-state index contributed by atoms with van der Waals surface area (Å²) in [5.74, 6) is 0.568. The second kappa shape index (κ2) is 10.8. The molecule has 5 aliphatic heterocycles. The molecule has 0 bridgehead atoms. The van der Waals surface area contributed by atoms with Gasteiger partial charge >= 0.3 is 0 Å². The standard InChI is InChI=1S/C30H34O10/c1-32-28-23-19(22-20(37-28)14-34-26(39-22)17-9-5-3-6-10-17)13-30(16-36-23)24(31)29(33-2)38-21-15-35-27(40-25(21)30)18-11-7-4-8-12-18/h3-12,20-22,24-29,31H,13-16H2,1-2H3/t20-,21-,22+,24?,25+,26-,27+,28+,29-,30-/m1/s1. The SMILES string of the molecule is CO[C@H]1O[C@@H]2CO[C@@H](c3ccccc3)O[C@H]2C2=C1OC[C@]1(C2)C(O)[C@H](OC)O[C@@H]2CO[C@H](c3ccccc3)O[C@@H]21. The summed E-state index contributed by atoms with van der Waals surface area (Å²) in [6, 6.07) is 19.5. The molecule has 10 heteroatoms. The molecule has 7 rings (SSSR count). The molecule has 40 heavy (non-hydrogen) atoms. The van der Waals surface area contributed by atoms with E-state index in [-0.39, 0.29) is 13.2 Å². The van der Waals surface area contributed by atoms with Crippen molar-refractivity contribution in [3.05, 3.63) is 83.1 Å². The van der Waals surface area contributed by atoms with Crippen LogP contribution in [-0.4, -0.2) is 82.2 Å². The van der Waals surface area contributed by atoms with Gasteiger partial charge in [-0.3, -0.25) is 0 Å². The Morgan fingerprint density at radius 2 is 1.43 bits per heavy atom. The lowest BCUT2D eigenvalue weighted by molar-refractivity contribution is -0.381. The van der Waals surface area contributed by atoms with Crippen molar-refractivity contribution in [2.75, 3.05) is 34.0 Å². The molecule has 0 radical (unpaired) electrons. The summed E-state index contributed by atoms with van der Waals surface area (Å²) in [6.07, 6.45) is -5.33. The molecular formula is C30H34O10. The van der Waals surface area contributed by atoms with Gasteiger partial charge in [-0.05, 0) is 6.42 Å². The number of aliphatic hydroxyl groups is 1. The zero-order chi connectivity index (χ0) is 27.3. The number of fused-ring (bicyclic) bond motifs is 4. The van der Waals surface area contributed by atoms with Gasteiger partial charge < -0.3 is 47.7 Å². The first kappa shape index (κ1) is 26.5. The predicted octanol–water partition coefficient (Wildman–Crippen LogP) is 2.98. The lowest BCUT2D eigenvalue weighted by Crippen LogP contribution is -2.68. The van der Waals surface area contributed by atoms with Gasteiger partial charge in [0.1, 0.15) is 30.5 Å². The largest absolute Gasteiger partial charge is 0.492 e. The van der Waals surface area contributed by atoms with E-state index in [9.17, 15) is 5.11 Å². The summed E-state index contributed by atoms with van der Waals surface area (Å²) in [5.41, 5.74) is 1.75. The van der Waals surface area contributed by atoms with Gasteiger partial charge in [0.05, 0.1) is 25.2 Å². The van der Waals surface area contributed by atoms with Crippen molar-refractivity contribution in [3.8, 4) is 0 Å². The highest BCUT2D eigenvalue weighted by molar-refractivity contribution is 5.29. The maximum Gasteiger partial charge on any atom is 0.216 e. The van der Waals surface area contributed by atoms with E-state index < -0.39 is 61.1 Å². The minimum atomic E-state index is -1.05. The van der Waals surface area contributed by atoms with Crippen molar-refractivity contribution in [3.63, 3.8) is 0 Å². The van der Waals surface area contributed by atoms with Crippen LogP contribution in [0.3, 0.4) is 0 Å². The lowest BCUT2D eigenvalue weighted by atomic mass is 9.66. The van der Waals surface area contributed by atoms with E-state index in [0.717, 1.165) is 16.7 Å². The van der Waals surface area contributed by atoms with E-state index in [1.54, 1.807) is 7.11 Å². The van der Waals surface area contributed by atoms with Gasteiger partial charge in [0.25, 0.3) is 0 Å². The molecule has 10 nitrogen and oxygen atoms in total. The monoisotopic (exact) mass is 554 g/mol. The Bertz CT molecular complexity index is 1210. The summed E-state index contributed by atoms with van der Waals surface area (Å²) >= 11 is 0. The van der Waals surface area contributed by atoms with Gasteiger partial charge in [-0.25, -0.2) is 0 Å². The predicted molar refractivity (Wildman–Crippen MR) is 137 cm³/mol. The Hall–Kier alpha value is -2.38. The van der Waals surface area contributed by atoms with E-state index in [0.29, 0.717) is 18.8 Å². The summed E-state index contributed by atoms with van der Waals surface area (Å²) in [5, 5.41) is 11.8. The summed E-state index contributed by atoms with van der Waals surface area (Å²) in [4.78, 5) is 0. The van der Waals surface area contributed by atoms with Gasteiger partial charge in [-0.1, -0.05) is 60.7 Å². The van der Waals surface area contributed by atoms with Crippen molar-refractivity contribution in [1.82, 2.24) is 0 Å². The molecule has 0 aliphatic carbocycles. The second-order valence-corrected chi connectivity index (χ2v) is 10.8. The number of hydrogen-bond acceptors (Lipinski definition) is 10. The average molecular weight is 555 g/mol. The Morgan fingerprint density at radius 3 is 2.08 bits per heavy atom. The van der Waals surface area contributed by atoms with Crippen LogP contribution < -0.4 is 0 Å². The fourth-order valence-electron chi connectivity index (χ4n) is 6.55. The zero-order valence-corrected chi connectivity index (χ0v) is 22.4. The van der Waals surface area contributed by atoms with Crippen molar-refractivity contribution >= 4 is 0 Å². The first-order valence-corrected chi connectivity index (χ1v) is 13.7. The van der Waals surface area contributed by atoms with Crippen LogP contribution >= 0.6 is 0 Å². The summed E-state index contributed by atoms with van der Waals surface area (Å²) < 4.78 is 55.3. The molecule has 10 atom stereocenters. The fourth-order valence-corrected chi connectivity index (χ4v) is 6.55. The molecule has 1 spiro atoms. The molecule has 0 aromatic heterocycles. The van der Waals surface area contributed by atoms with Crippen LogP contribution in [0.5, 0.6) is 0 Å². The number of benzene rings is 2. The van der Waals surface area contributed by atoms with Gasteiger partial charge in [0.15, 0.2) is 24.6 Å². The first-order chi connectivity index (χ1) is 19.6. The summed E-state index contributed by atoms with van der Waals surface area (Å²) in [7, 11) is 3.10. The molecule has 0 saturated carbocycles. The van der Waals surface area contributed by atoms with E-state index in [4.69, 9.17) is 42.6 Å². The maximum absolute atomic E-state index is 11.8. The number of methoxy groups -OCH3 is 2. The molecule has 1 N–H and O–H groups in total. The topological polar surface area (TPSA) is 103 Å². The van der Waals surface area contributed by atoms with Crippen LogP contribution in [-0.2, 0) is 42.6 Å². The van der Waals surface area contributed by atoms with E-state index in [1.807, 2.05) is 60.7 Å². The third kappa shape index (κ3) is 4.39. The Morgan fingerprint density at radius 1 is 0.775 bits per heavy atom. The smallest absolute Gasteiger partial charge is 0.216 e. The van der Waals surface area contributed by atoms with Crippen LogP contribution in [0.1, 0.15) is 30.1 Å². The maximum atomic E-state index is 11.8.